The molecule has 0 saturated heterocycles. The number of carbonyl (C=O) groups excluding carboxylic acids is 1. The van der Waals surface area contributed by atoms with Crippen molar-refractivity contribution in [3.8, 4) is 0 Å². The van der Waals surface area contributed by atoms with Crippen molar-refractivity contribution in [3.05, 3.63) is 38.9 Å². The van der Waals surface area contributed by atoms with Crippen molar-refractivity contribution in [1.29, 1.82) is 0 Å². The molecule has 0 radical (unpaired) electrons. The first kappa shape index (κ1) is 16.4. The third-order valence-corrected chi connectivity index (χ3v) is 3.25. The van der Waals surface area contributed by atoms with Gasteiger partial charge in [0, 0.05) is 17.1 Å². The summed E-state index contributed by atoms with van der Waals surface area (Å²) in [5.41, 5.74) is -0.225. The van der Waals surface area contributed by atoms with Gasteiger partial charge < -0.3 is 5.32 Å². The van der Waals surface area contributed by atoms with E-state index in [2.05, 4.69) is 12.2 Å². The number of nitrogens with zero attached hydrogens (tertiary/aromatic N) is 1. The molecule has 1 atom stereocenters. The van der Waals surface area contributed by atoms with Crippen molar-refractivity contribution in [2.75, 3.05) is 0 Å². The van der Waals surface area contributed by atoms with Crippen LogP contribution in [0, 0.1) is 10.1 Å². The molecule has 6 heteroatoms. The Morgan fingerprint density at radius 1 is 1.45 bits per heavy atom. The van der Waals surface area contributed by atoms with Crippen molar-refractivity contribution in [2.45, 2.75) is 45.6 Å². The minimum absolute atomic E-state index is 0.00988. The Labute approximate surface area is 123 Å². The van der Waals surface area contributed by atoms with E-state index in [1.807, 2.05) is 6.92 Å². The summed E-state index contributed by atoms with van der Waals surface area (Å²) in [6.45, 7) is 4.01. The molecule has 1 rings (SSSR count). The maximum atomic E-state index is 12.1. The average molecular weight is 299 g/mol. The molecule has 1 amide bonds. The Hall–Kier alpha value is -1.62. The maximum absolute atomic E-state index is 12.1. The summed E-state index contributed by atoms with van der Waals surface area (Å²) in [7, 11) is 0. The van der Waals surface area contributed by atoms with Gasteiger partial charge in [0.25, 0.3) is 11.6 Å². The van der Waals surface area contributed by atoms with Crippen molar-refractivity contribution in [3.63, 3.8) is 0 Å². The van der Waals surface area contributed by atoms with Crippen molar-refractivity contribution in [2.24, 2.45) is 0 Å². The van der Waals surface area contributed by atoms with Crippen LogP contribution in [-0.4, -0.2) is 16.9 Å². The van der Waals surface area contributed by atoms with Gasteiger partial charge in [0.05, 0.1) is 4.92 Å². The molecule has 0 aliphatic rings. The third-order valence-electron chi connectivity index (χ3n) is 3.02. The van der Waals surface area contributed by atoms with Gasteiger partial charge >= 0.3 is 0 Å². The van der Waals surface area contributed by atoms with Gasteiger partial charge in [-0.25, -0.2) is 0 Å². The lowest BCUT2D eigenvalue weighted by atomic mass is 10.1. The molecule has 1 aromatic carbocycles. The minimum atomic E-state index is -0.595. The van der Waals surface area contributed by atoms with E-state index in [0.717, 1.165) is 25.7 Å². The zero-order valence-electron chi connectivity index (χ0n) is 11.7. The zero-order chi connectivity index (χ0) is 15.1. The number of hydrogen-bond donors (Lipinski definition) is 1. The van der Waals surface area contributed by atoms with Crippen LogP contribution in [0.3, 0.4) is 0 Å². The van der Waals surface area contributed by atoms with E-state index >= 15 is 0 Å². The fourth-order valence-electron chi connectivity index (χ4n) is 1.92. The number of hydrogen-bond acceptors (Lipinski definition) is 3. The van der Waals surface area contributed by atoms with E-state index in [4.69, 9.17) is 11.6 Å². The molecule has 5 nitrogen and oxygen atoms in total. The quantitative estimate of drug-likeness (QED) is 0.470. The summed E-state index contributed by atoms with van der Waals surface area (Å²) < 4.78 is 0. The van der Waals surface area contributed by atoms with Crippen LogP contribution in [0.15, 0.2) is 18.2 Å². The summed E-state index contributed by atoms with van der Waals surface area (Å²) in [6, 6.07) is 4.04. The van der Waals surface area contributed by atoms with Gasteiger partial charge in [-0.05, 0) is 25.5 Å². The van der Waals surface area contributed by atoms with E-state index in [9.17, 15) is 14.9 Å². The molecule has 1 N–H and O–H groups in total. The predicted octanol–water partition coefficient (Wildman–Crippen LogP) is 3.95. The molecule has 0 aliphatic carbocycles. The SMILES string of the molecule is CCCCC[C@H](C)NC(=O)c1ccc(Cl)cc1[N+](=O)[O-]. The van der Waals surface area contributed by atoms with Crippen LogP contribution in [-0.2, 0) is 0 Å². The molecule has 0 aromatic heterocycles. The first-order chi connectivity index (χ1) is 9.45. The van der Waals surface area contributed by atoms with Gasteiger partial charge in [-0.2, -0.15) is 0 Å². The van der Waals surface area contributed by atoms with Gasteiger partial charge in [-0.3, -0.25) is 14.9 Å². The van der Waals surface area contributed by atoms with Crippen LogP contribution in [0.1, 0.15) is 49.9 Å². The number of unbranched alkanes of at least 4 members (excludes halogenated alkanes) is 2. The van der Waals surface area contributed by atoms with Gasteiger partial charge in [0.2, 0.25) is 0 Å². The molecule has 0 aliphatic heterocycles. The van der Waals surface area contributed by atoms with Crippen molar-refractivity contribution < 1.29 is 9.72 Å². The van der Waals surface area contributed by atoms with E-state index in [1.54, 1.807) is 0 Å². The zero-order valence-corrected chi connectivity index (χ0v) is 12.4. The summed E-state index contributed by atoms with van der Waals surface area (Å²) >= 11 is 5.72. The molecule has 0 fully saturated rings. The summed E-state index contributed by atoms with van der Waals surface area (Å²) in [5, 5.41) is 14.0. The standard InChI is InChI=1S/C14H19ClN2O3/c1-3-4-5-6-10(2)16-14(18)12-8-7-11(15)9-13(12)17(19)20/h7-10H,3-6H2,1-2H3,(H,16,18)/t10-/m0/s1. The second-order valence-corrected chi connectivity index (χ2v) is 5.23. The second-order valence-electron chi connectivity index (χ2n) is 4.79. The van der Waals surface area contributed by atoms with Crippen molar-refractivity contribution >= 4 is 23.2 Å². The Bertz CT molecular complexity index is 491. The number of rotatable bonds is 7. The summed E-state index contributed by atoms with van der Waals surface area (Å²) in [5.74, 6) is -0.433. The van der Waals surface area contributed by atoms with Crippen molar-refractivity contribution in [1.82, 2.24) is 5.32 Å². The number of carbonyl (C=O) groups is 1. The average Bonchev–Trinajstić information content (AvgIpc) is 2.38. The van der Waals surface area contributed by atoms with Crippen LogP contribution in [0.4, 0.5) is 5.69 Å². The molecule has 20 heavy (non-hydrogen) atoms. The summed E-state index contributed by atoms with van der Waals surface area (Å²) in [6.07, 6.45) is 4.12. The Kier molecular flexibility index (Phi) is 6.45. The lowest BCUT2D eigenvalue weighted by Gasteiger charge is -2.13. The fourth-order valence-corrected chi connectivity index (χ4v) is 2.09. The van der Waals surface area contributed by atoms with E-state index in [0.29, 0.717) is 0 Å². The Morgan fingerprint density at radius 2 is 2.15 bits per heavy atom. The molecule has 0 spiro atoms. The Balaban J connectivity index is 2.74. The first-order valence-corrected chi connectivity index (χ1v) is 7.08. The number of amides is 1. The highest BCUT2D eigenvalue weighted by Gasteiger charge is 2.21. The highest BCUT2D eigenvalue weighted by molar-refractivity contribution is 6.31. The lowest BCUT2D eigenvalue weighted by molar-refractivity contribution is -0.385. The molecule has 0 heterocycles. The normalized spacial score (nSPS) is 11.9. The van der Waals surface area contributed by atoms with Crippen LogP contribution in [0.25, 0.3) is 0 Å². The van der Waals surface area contributed by atoms with Crippen LogP contribution in [0.5, 0.6) is 0 Å². The number of nitro groups is 1. The molecular weight excluding hydrogens is 280 g/mol. The fraction of sp³-hybridized carbons (Fsp3) is 0.500. The number of nitro benzene ring substituents is 1. The number of nitrogens with one attached hydrogen (secondary N) is 1. The molecular formula is C14H19ClN2O3. The van der Waals surface area contributed by atoms with Gasteiger partial charge in [0.15, 0.2) is 0 Å². The van der Waals surface area contributed by atoms with E-state index in [1.165, 1.54) is 18.2 Å². The molecule has 110 valence electrons. The molecule has 0 saturated carbocycles. The highest BCUT2D eigenvalue weighted by atomic mass is 35.5. The predicted molar refractivity (Wildman–Crippen MR) is 79.2 cm³/mol. The lowest BCUT2D eigenvalue weighted by Crippen LogP contribution is -2.32. The third kappa shape index (κ3) is 4.81. The van der Waals surface area contributed by atoms with Crippen LogP contribution >= 0.6 is 11.6 Å². The smallest absolute Gasteiger partial charge is 0.283 e. The largest absolute Gasteiger partial charge is 0.349 e. The van der Waals surface area contributed by atoms with Gasteiger partial charge in [0.1, 0.15) is 5.56 Å². The highest BCUT2D eigenvalue weighted by Crippen LogP contribution is 2.23. The topological polar surface area (TPSA) is 72.2 Å². The van der Waals surface area contributed by atoms with Gasteiger partial charge in [-0.15, -0.1) is 0 Å². The molecule has 0 unspecified atom stereocenters. The summed E-state index contributed by atoms with van der Waals surface area (Å²) in [4.78, 5) is 22.4. The maximum Gasteiger partial charge on any atom is 0.283 e. The Morgan fingerprint density at radius 3 is 2.75 bits per heavy atom. The number of halogens is 1. The number of benzene rings is 1. The first-order valence-electron chi connectivity index (χ1n) is 6.70. The molecule has 0 bridgehead atoms. The van der Waals surface area contributed by atoms with E-state index in [-0.39, 0.29) is 22.3 Å². The van der Waals surface area contributed by atoms with Gasteiger partial charge in [-0.1, -0.05) is 37.8 Å². The molecule has 1 aromatic rings. The monoisotopic (exact) mass is 298 g/mol. The van der Waals surface area contributed by atoms with Crippen LogP contribution < -0.4 is 5.32 Å². The minimum Gasteiger partial charge on any atom is -0.349 e. The second kappa shape index (κ2) is 7.85. The van der Waals surface area contributed by atoms with Crippen LogP contribution in [0.2, 0.25) is 5.02 Å². The van der Waals surface area contributed by atoms with E-state index < -0.39 is 10.8 Å².